The van der Waals surface area contributed by atoms with Gasteiger partial charge in [0.15, 0.2) is 5.82 Å². The van der Waals surface area contributed by atoms with Gasteiger partial charge >= 0.3 is 5.69 Å². The number of aromatic hydroxyl groups is 1. The third kappa shape index (κ3) is 3.17. The summed E-state index contributed by atoms with van der Waals surface area (Å²) >= 11 is 0. The summed E-state index contributed by atoms with van der Waals surface area (Å²) in [5.41, 5.74) is 4.02. The first kappa shape index (κ1) is 12.4. The number of phenols is 1. The van der Waals surface area contributed by atoms with Crippen LogP contribution < -0.4 is 5.73 Å². The average Bonchev–Trinajstić information content (AvgIpc) is 2.22. The second-order valence-corrected chi connectivity index (χ2v) is 3.03. The topological polar surface area (TPSA) is 106 Å². The molecule has 0 heterocycles. The molecule has 0 aliphatic heterocycles. The van der Waals surface area contributed by atoms with Gasteiger partial charge in [-0.2, -0.15) is 0 Å². The Kier molecular flexibility index (Phi) is 3.62. The fourth-order valence-corrected chi connectivity index (χ4v) is 1.03. The van der Waals surface area contributed by atoms with Crippen LogP contribution >= 0.6 is 0 Å². The van der Waals surface area contributed by atoms with Gasteiger partial charge in [-0.1, -0.05) is 11.8 Å². The Morgan fingerprint density at radius 3 is 2.76 bits per heavy atom. The van der Waals surface area contributed by atoms with Gasteiger partial charge < -0.3 is 10.8 Å². The molecule has 0 aromatic heterocycles. The van der Waals surface area contributed by atoms with E-state index >= 15 is 0 Å². The Morgan fingerprint density at radius 1 is 1.59 bits per heavy atom. The second kappa shape index (κ2) is 4.94. The second-order valence-electron chi connectivity index (χ2n) is 3.03. The highest BCUT2D eigenvalue weighted by molar-refractivity contribution is 5.76. The minimum Gasteiger partial charge on any atom is -0.500 e. The van der Waals surface area contributed by atoms with Gasteiger partial charge in [0, 0.05) is 11.6 Å². The third-order valence-electron chi connectivity index (χ3n) is 1.74. The molecule has 0 saturated heterocycles. The fourth-order valence-electron chi connectivity index (χ4n) is 1.03. The molecule has 0 aliphatic rings. The summed E-state index contributed by atoms with van der Waals surface area (Å²) in [6.07, 6.45) is -0.240. The van der Waals surface area contributed by atoms with Crippen molar-refractivity contribution in [1.82, 2.24) is 0 Å². The maximum atomic E-state index is 13.1. The van der Waals surface area contributed by atoms with Gasteiger partial charge in [0.05, 0.1) is 11.3 Å². The number of nitrogens with zero attached hydrogens (tertiary/aromatic N) is 1. The van der Waals surface area contributed by atoms with Crippen LogP contribution in [-0.4, -0.2) is 15.9 Å². The number of carbonyl (C=O) groups excluding carboxylic acids is 1. The molecule has 1 aromatic rings. The average molecular weight is 238 g/mol. The molecule has 1 aromatic carbocycles. The van der Waals surface area contributed by atoms with Crippen LogP contribution in [0.4, 0.5) is 10.1 Å². The van der Waals surface area contributed by atoms with Crippen LogP contribution in [-0.2, 0) is 4.79 Å². The molecule has 0 saturated carbocycles. The van der Waals surface area contributed by atoms with Crippen molar-refractivity contribution in [3.8, 4) is 17.6 Å². The number of hydrogen-bond donors (Lipinski definition) is 2. The molecular formula is C10H7FN2O4. The summed E-state index contributed by atoms with van der Waals surface area (Å²) in [4.78, 5) is 19.9. The van der Waals surface area contributed by atoms with Crippen molar-refractivity contribution in [3.05, 3.63) is 33.6 Å². The Labute approximate surface area is 95.0 Å². The van der Waals surface area contributed by atoms with Crippen LogP contribution in [0.2, 0.25) is 0 Å². The maximum absolute atomic E-state index is 13.1. The number of nitro groups is 1. The Bertz CT molecular complexity index is 545. The lowest BCUT2D eigenvalue weighted by Crippen LogP contribution is -2.08. The van der Waals surface area contributed by atoms with E-state index in [9.17, 15) is 19.3 Å². The van der Waals surface area contributed by atoms with Crippen LogP contribution in [0.5, 0.6) is 5.75 Å². The predicted molar refractivity (Wildman–Crippen MR) is 55.4 cm³/mol. The van der Waals surface area contributed by atoms with Crippen LogP contribution in [0.15, 0.2) is 12.1 Å². The number of nitrogens with two attached hydrogens (primary N) is 1. The minimum atomic E-state index is -1.15. The minimum absolute atomic E-state index is 0.0201. The molecule has 0 bridgehead atoms. The number of primary amides is 1. The molecule has 0 atom stereocenters. The van der Waals surface area contributed by atoms with E-state index in [2.05, 4.69) is 11.8 Å². The highest BCUT2D eigenvalue weighted by atomic mass is 19.1. The number of benzene rings is 1. The number of nitro benzene ring substituents is 1. The molecule has 6 nitrogen and oxygen atoms in total. The number of hydrogen-bond acceptors (Lipinski definition) is 4. The summed E-state index contributed by atoms with van der Waals surface area (Å²) in [7, 11) is 0. The smallest absolute Gasteiger partial charge is 0.315 e. The van der Waals surface area contributed by atoms with E-state index in [0.29, 0.717) is 0 Å². The zero-order valence-electron chi connectivity index (χ0n) is 8.44. The number of halogens is 1. The van der Waals surface area contributed by atoms with Crippen LogP contribution in [0.3, 0.4) is 0 Å². The third-order valence-corrected chi connectivity index (χ3v) is 1.74. The first-order chi connectivity index (χ1) is 7.91. The van der Waals surface area contributed by atoms with Crippen molar-refractivity contribution in [2.45, 2.75) is 6.42 Å². The Hall–Kier alpha value is -2.62. The standard InChI is InChI=1S/C10H7FN2O4/c11-7-4-6(2-1-3-9(12)14)5-8(10(7)15)13(16)17/h4-5,15H,3H2,(H2,12,14). The van der Waals surface area contributed by atoms with Crippen LogP contribution in [0.1, 0.15) is 12.0 Å². The summed E-state index contributed by atoms with van der Waals surface area (Å²) in [5.74, 6) is 1.79. The highest BCUT2D eigenvalue weighted by Crippen LogP contribution is 2.29. The lowest BCUT2D eigenvalue weighted by molar-refractivity contribution is -0.386. The SMILES string of the molecule is NC(=O)CC#Cc1cc(F)c(O)c([N+](=O)[O-])c1. The molecular weight excluding hydrogens is 231 g/mol. The van der Waals surface area contributed by atoms with Crippen molar-refractivity contribution in [1.29, 1.82) is 0 Å². The number of carbonyl (C=O) groups is 1. The van der Waals surface area contributed by atoms with E-state index in [1.54, 1.807) is 0 Å². The molecule has 17 heavy (non-hydrogen) atoms. The van der Waals surface area contributed by atoms with Crippen molar-refractivity contribution < 1.29 is 19.2 Å². The van der Waals surface area contributed by atoms with E-state index in [4.69, 9.17) is 10.8 Å². The first-order valence-electron chi connectivity index (χ1n) is 4.36. The highest BCUT2D eigenvalue weighted by Gasteiger charge is 2.18. The summed E-state index contributed by atoms with van der Waals surface area (Å²) < 4.78 is 13.1. The Morgan fingerprint density at radius 2 is 2.24 bits per heavy atom. The van der Waals surface area contributed by atoms with Gasteiger partial charge in [0.1, 0.15) is 0 Å². The largest absolute Gasteiger partial charge is 0.500 e. The monoisotopic (exact) mass is 238 g/mol. The van der Waals surface area contributed by atoms with Gasteiger partial charge in [-0.3, -0.25) is 14.9 Å². The molecule has 1 amide bonds. The van der Waals surface area contributed by atoms with E-state index in [1.165, 1.54) is 0 Å². The predicted octanol–water partition coefficient (Wildman–Crippen LogP) is 0.666. The van der Waals surface area contributed by atoms with E-state index in [0.717, 1.165) is 12.1 Å². The first-order valence-corrected chi connectivity index (χ1v) is 4.36. The van der Waals surface area contributed by atoms with Gasteiger partial charge in [0.25, 0.3) is 0 Å². The van der Waals surface area contributed by atoms with E-state index in [1.807, 2.05) is 0 Å². The number of rotatable bonds is 2. The maximum Gasteiger partial charge on any atom is 0.315 e. The number of amides is 1. The lowest BCUT2D eigenvalue weighted by Gasteiger charge is -1.98. The zero-order valence-corrected chi connectivity index (χ0v) is 8.44. The van der Waals surface area contributed by atoms with Crippen LogP contribution in [0, 0.1) is 27.8 Å². The van der Waals surface area contributed by atoms with Crippen molar-refractivity contribution >= 4 is 11.6 Å². The molecule has 3 N–H and O–H groups in total. The zero-order chi connectivity index (χ0) is 13.0. The molecule has 7 heteroatoms. The summed E-state index contributed by atoms with van der Waals surface area (Å²) in [5, 5.41) is 19.5. The van der Waals surface area contributed by atoms with Crippen LogP contribution in [0.25, 0.3) is 0 Å². The van der Waals surface area contributed by atoms with Gasteiger partial charge in [-0.25, -0.2) is 4.39 Å². The lowest BCUT2D eigenvalue weighted by atomic mass is 10.1. The molecule has 0 unspecified atom stereocenters. The Balaban J connectivity index is 3.13. The molecule has 0 fully saturated rings. The van der Waals surface area contributed by atoms with E-state index in [-0.39, 0.29) is 12.0 Å². The normalized spacial score (nSPS) is 9.24. The van der Waals surface area contributed by atoms with Gasteiger partial charge in [0.2, 0.25) is 11.7 Å². The molecule has 0 spiro atoms. The van der Waals surface area contributed by atoms with Crippen molar-refractivity contribution in [2.75, 3.05) is 0 Å². The molecule has 88 valence electrons. The fraction of sp³-hybridized carbons (Fsp3) is 0.100. The number of phenolic OH excluding ortho intramolecular Hbond substituents is 1. The molecule has 0 aliphatic carbocycles. The molecule has 1 rings (SSSR count). The van der Waals surface area contributed by atoms with Gasteiger partial charge in [-0.05, 0) is 6.07 Å². The van der Waals surface area contributed by atoms with Crippen molar-refractivity contribution in [2.24, 2.45) is 5.73 Å². The molecule has 0 radical (unpaired) electrons. The van der Waals surface area contributed by atoms with Gasteiger partial charge in [-0.15, -0.1) is 0 Å². The summed E-state index contributed by atoms with van der Waals surface area (Å²) in [6.45, 7) is 0. The van der Waals surface area contributed by atoms with Crippen molar-refractivity contribution in [3.63, 3.8) is 0 Å². The summed E-state index contributed by atoms with van der Waals surface area (Å²) in [6, 6.07) is 1.74. The quantitative estimate of drug-likeness (QED) is 0.448. The van der Waals surface area contributed by atoms with E-state index < -0.39 is 28.1 Å².